The Bertz CT molecular complexity index is 715. The Morgan fingerprint density at radius 3 is 2.36 bits per heavy atom. The highest BCUT2D eigenvalue weighted by atomic mass is 79.9. The number of carbonyl (C=O) groups excluding carboxylic acids is 2. The van der Waals surface area contributed by atoms with E-state index in [1.54, 1.807) is 24.3 Å². The first-order valence-corrected chi connectivity index (χ1v) is 7.79. The topological polar surface area (TPSA) is 70.6 Å². The number of benzene rings is 2. The molecule has 0 heterocycles. The van der Waals surface area contributed by atoms with Gasteiger partial charge in [0.25, 0.3) is 0 Å². The summed E-state index contributed by atoms with van der Waals surface area (Å²) < 4.78 is 1.78. The average Bonchev–Trinajstić information content (AvgIpc) is 2.49. The van der Waals surface area contributed by atoms with Crippen LogP contribution in [0.2, 0.25) is 0 Å². The molecule has 2 aromatic rings. The first kappa shape index (κ1) is 16.4. The summed E-state index contributed by atoms with van der Waals surface area (Å²) in [5.41, 5.74) is 3.50. The van der Waals surface area contributed by atoms with Gasteiger partial charge in [-0.3, -0.25) is 9.59 Å². The zero-order valence-electron chi connectivity index (χ0n) is 11.2. The van der Waals surface area contributed by atoms with E-state index in [9.17, 15) is 9.59 Å². The van der Waals surface area contributed by atoms with Gasteiger partial charge in [0.1, 0.15) is 0 Å². The zero-order valence-corrected chi connectivity index (χ0v) is 14.4. The Hall–Kier alpha value is -1.99. The molecule has 0 saturated heterocycles. The second kappa shape index (κ2) is 7.86. The number of carbonyl (C=O) groups is 2. The van der Waals surface area contributed by atoms with Gasteiger partial charge in [-0.05, 0) is 42.0 Å². The summed E-state index contributed by atoms with van der Waals surface area (Å²) in [5, 5.41) is 6.22. The molecule has 2 amide bonds. The van der Waals surface area contributed by atoms with Gasteiger partial charge in [-0.15, -0.1) is 0 Å². The molecular weight excluding hydrogens is 414 g/mol. The molecule has 112 valence electrons. The molecule has 0 aliphatic rings. The van der Waals surface area contributed by atoms with Gasteiger partial charge in [-0.25, -0.2) is 5.43 Å². The molecule has 0 aliphatic carbocycles. The van der Waals surface area contributed by atoms with E-state index in [1.165, 1.54) is 6.21 Å². The highest BCUT2D eigenvalue weighted by Gasteiger charge is 2.12. The molecule has 0 spiro atoms. The second-order valence-electron chi connectivity index (χ2n) is 4.22. The van der Waals surface area contributed by atoms with Crippen molar-refractivity contribution in [3.05, 3.63) is 63.0 Å². The SMILES string of the molecule is O=C(NN=Cc1cccc(Br)c1)C(=O)Nc1ccc(Br)cc1. The number of nitrogens with zero attached hydrogens (tertiary/aromatic N) is 1. The van der Waals surface area contributed by atoms with E-state index in [1.807, 2.05) is 24.3 Å². The van der Waals surface area contributed by atoms with Crippen molar-refractivity contribution in [2.24, 2.45) is 5.10 Å². The smallest absolute Gasteiger partial charge is 0.318 e. The standard InChI is InChI=1S/C15H11Br2N3O2/c16-11-4-6-13(7-5-11)19-14(21)15(22)20-18-9-10-2-1-3-12(17)8-10/h1-9H,(H,19,21)(H,20,22). The molecule has 0 radical (unpaired) electrons. The minimum absolute atomic E-state index is 0.527. The van der Waals surface area contributed by atoms with Crippen molar-refractivity contribution in [1.82, 2.24) is 5.43 Å². The third-order valence-corrected chi connectivity index (χ3v) is 3.56. The van der Waals surface area contributed by atoms with Crippen LogP contribution in [0.25, 0.3) is 0 Å². The first-order chi connectivity index (χ1) is 10.5. The van der Waals surface area contributed by atoms with Crippen molar-refractivity contribution >= 4 is 55.6 Å². The predicted octanol–water partition coefficient (Wildman–Crippen LogP) is 3.30. The van der Waals surface area contributed by atoms with Gasteiger partial charge >= 0.3 is 11.8 Å². The number of amides is 2. The summed E-state index contributed by atoms with van der Waals surface area (Å²) in [6.45, 7) is 0. The molecule has 7 heteroatoms. The molecule has 22 heavy (non-hydrogen) atoms. The lowest BCUT2D eigenvalue weighted by Crippen LogP contribution is -2.32. The van der Waals surface area contributed by atoms with Crippen molar-refractivity contribution in [1.29, 1.82) is 0 Å². The van der Waals surface area contributed by atoms with Gasteiger partial charge in [0, 0.05) is 14.6 Å². The van der Waals surface area contributed by atoms with E-state index in [0.717, 1.165) is 14.5 Å². The van der Waals surface area contributed by atoms with E-state index in [2.05, 4.69) is 47.7 Å². The second-order valence-corrected chi connectivity index (χ2v) is 6.05. The fourth-order valence-corrected chi connectivity index (χ4v) is 2.21. The maximum Gasteiger partial charge on any atom is 0.329 e. The molecule has 0 unspecified atom stereocenters. The lowest BCUT2D eigenvalue weighted by molar-refractivity contribution is -0.136. The Kier molecular flexibility index (Phi) is 5.85. The van der Waals surface area contributed by atoms with Gasteiger partial charge in [0.15, 0.2) is 0 Å². The Balaban J connectivity index is 1.89. The molecule has 2 N–H and O–H groups in total. The van der Waals surface area contributed by atoms with Crippen LogP contribution in [0.1, 0.15) is 5.56 Å². The van der Waals surface area contributed by atoms with E-state index in [0.29, 0.717) is 5.69 Å². The van der Waals surface area contributed by atoms with Gasteiger partial charge in [-0.2, -0.15) is 5.10 Å². The summed E-state index contributed by atoms with van der Waals surface area (Å²) in [6, 6.07) is 14.3. The molecule has 0 bridgehead atoms. The molecule has 0 aliphatic heterocycles. The number of hydrazone groups is 1. The van der Waals surface area contributed by atoms with E-state index in [4.69, 9.17) is 0 Å². The van der Waals surface area contributed by atoms with E-state index >= 15 is 0 Å². The van der Waals surface area contributed by atoms with Gasteiger partial charge < -0.3 is 5.32 Å². The Morgan fingerprint density at radius 1 is 0.955 bits per heavy atom. The third kappa shape index (κ3) is 5.09. The Labute approximate surface area is 144 Å². The van der Waals surface area contributed by atoms with Crippen molar-refractivity contribution in [3.63, 3.8) is 0 Å². The minimum atomic E-state index is -0.839. The van der Waals surface area contributed by atoms with E-state index < -0.39 is 11.8 Å². The monoisotopic (exact) mass is 423 g/mol. The van der Waals surface area contributed by atoms with Crippen LogP contribution in [-0.2, 0) is 9.59 Å². The number of halogens is 2. The quantitative estimate of drug-likeness (QED) is 0.450. The van der Waals surface area contributed by atoms with Crippen LogP contribution in [0.15, 0.2) is 62.6 Å². The van der Waals surface area contributed by atoms with Crippen LogP contribution >= 0.6 is 31.9 Å². The van der Waals surface area contributed by atoms with Crippen LogP contribution in [-0.4, -0.2) is 18.0 Å². The van der Waals surface area contributed by atoms with E-state index in [-0.39, 0.29) is 0 Å². The molecule has 0 fully saturated rings. The van der Waals surface area contributed by atoms with Crippen LogP contribution in [0, 0.1) is 0 Å². The van der Waals surface area contributed by atoms with Crippen LogP contribution in [0.5, 0.6) is 0 Å². The number of hydrogen-bond acceptors (Lipinski definition) is 3. The number of anilines is 1. The molecular formula is C15H11Br2N3O2. The molecule has 5 nitrogen and oxygen atoms in total. The zero-order chi connectivity index (χ0) is 15.9. The van der Waals surface area contributed by atoms with Crippen molar-refractivity contribution in [3.8, 4) is 0 Å². The van der Waals surface area contributed by atoms with Crippen LogP contribution in [0.4, 0.5) is 5.69 Å². The maximum atomic E-state index is 11.7. The summed E-state index contributed by atoms with van der Waals surface area (Å²) in [6.07, 6.45) is 1.45. The molecule has 0 aromatic heterocycles. The normalized spacial score (nSPS) is 10.5. The average molecular weight is 425 g/mol. The number of hydrogen-bond donors (Lipinski definition) is 2. The maximum absolute atomic E-state index is 11.7. The van der Waals surface area contributed by atoms with Crippen molar-refractivity contribution < 1.29 is 9.59 Å². The van der Waals surface area contributed by atoms with Gasteiger partial charge in [-0.1, -0.05) is 44.0 Å². The van der Waals surface area contributed by atoms with Gasteiger partial charge in [0.05, 0.1) is 6.21 Å². The van der Waals surface area contributed by atoms with Crippen LogP contribution in [0.3, 0.4) is 0 Å². The number of nitrogens with one attached hydrogen (secondary N) is 2. The highest BCUT2D eigenvalue weighted by molar-refractivity contribution is 9.10. The van der Waals surface area contributed by atoms with Crippen LogP contribution < -0.4 is 10.7 Å². The largest absolute Gasteiger partial charge is 0.329 e. The fraction of sp³-hybridized carbons (Fsp3) is 0. The summed E-state index contributed by atoms with van der Waals surface area (Å²) in [7, 11) is 0. The molecule has 0 atom stereocenters. The first-order valence-electron chi connectivity index (χ1n) is 6.20. The fourth-order valence-electron chi connectivity index (χ4n) is 1.52. The summed E-state index contributed by atoms with van der Waals surface area (Å²) in [5.74, 6) is -1.62. The lowest BCUT2D eigenvalue weighted by Gasteiger charge is -2.03. The number of rotatable bonds is 3. The molecule has 2 aromatic carbocycles. The molecule has 2 rings (SSSR count). The summed E-state index contributed by atoms with van der Waals surface area (Å²) in [4.78, 5) is 23.3. The third-order valence-electron chi connectivity index (χ3n) is 2.54. The highest BCUT2D eigenvalue weighted by Crippen LogP contribution is 2.13. The van der Waals surface area contributed by atoms with Crippen molar-refractivity contribution in [2.75, 3.05) is 5.32 Å². The molecule has 0 saturated carbocycles. The summed E-state index contributed by atoms with van der Waals surface area (Å²) >= 11 is 6.62. The minimum Gasteiger partial charge on any atom is -0.318 e. The van der Waals surface area contributed by atoms with Gasteiger partial charge in [0.2, 0.25) is 0 Å². The Morgan fingerprint density at radius 2 is 1.68 bits per heavy atom. The lowest BCUT2D eigenvalue weighted by atomic mass is 10.2. The van der Waals surface area contributed by atoms with Crippen molar-refractivity contribution in [2.45, 2.75) is 0 Å². The predicted molar refractivity (Wildman–Crippen MR) is 92.7 cm³/mol.